The third-order valence-electron chi connectivity index (χ3n) is 6.23. The van der Waals surface area contributed by atoms with E-state index >= 15 is 0 Å². The molecule has 1 aromatic rings. The molecule has 2 aliphatic rings. The lowest BCUT2D eigenvalue weighted by Gasteiger charge is -2.33. The third kappa shape index (κ3) is 3.50. The number of carbonyl (C=O) groups excluding carboxylic acids is 2. The van der Waals surface area contributed by atoms with Gasteiger partial charge in [-0.25, -0.2) is 0 Å². The summed E-state index contributed by atoms with van der Waals surface area (Å²) in [5.41, 5.74) is 0.852. The average molecular weight is 357 g/mol. The van der Waals surface area contributed by atoms with Crippen molar-refractivity contribution in [2.24, 2.45) is 11.3 Å². The normalized spacial score (nSPS) is 27.4. The lowest BCUT2D eigenvalue weighted by Crippen LogP contribution is -2.47. The molecule has 0 spiro atoms. The van der Waals surface area contributed by atoms with E-state index < -0.39 is 5.41 Å². The van der Waals surface area contributed by atoms with Crippen LogP contribution >= 0.6 is 0 Å². The van der Waals surface area contributed by atoms with Crippen molar-refractivity contribution in [3.8, 4) is 0 Å². The monoisotopic (exact) mass is 357 g/mol. The van der Waals surface area contributed by atoms with E-state index in [1.165, 1.54) is 5.56 Å². The molecule has 1 aliphatic carbocycles. The number of rotatable bonds is 6. The van der Waals surface area contributed by atoms with Gasteiger partial charge in [-0.05, 0) is 38.2 Å². The highest BCUT2D eigenvalue weighted by atomic mass is 16.2. The fraction of sp³-hybridized carbons (Fsp3) is 0.619. The summed E-state index contributed by atoms with van der Waals surface area (Å²) in [4.78, 5) is 29.1. The van der Waals surface area contributed by atoms with Crippen molar-refractivity contribution in [2.75, 3.05) is 26.2 Å². The van der Waals surface area contributed by atoms with Crippen LogP contribution in [-0.2, 0) is 16.1 Å². The van der Waals surface area contributed by atoms with E-state index in [0.29, 0.717) is 19.1 Å². The van der Waals surface area contributed by atoms with Gasteiger partial charge < -0.3 is 15.1 Å². The summed E-state index contributed by atoms with van der Waals surface area (Å²) in [5, 5.41) is 3.65. The van der Waals surface area contributed by atoms with Gasteiger partial charge >= 0.3 is 0 Å². The van der Waals surface area contributed by atoms with Gasteiger partial charge in [0.1, 0.15) is 0 Å². The standard InChI is InChI=1S/C21H31N3O2/c1-4-23(5-2)20(26)21-12-19(22-13-17-9-7-6-8-10-17)11-18(21)14-24(15-21)16(3)25/h6-10,18-19,22H,4-5,11-15H2,1-3H3/t18-,19+,21-/m0/s1. The van der Waals surface area contributed by atoms with E-state index in [9.17, 15) is 9.59 Å². The second-order valence-electron chi connectivity index (χ2n) is 7.73. The number of benzene rings is 1. The zero-order chi connectivity index (χ0) is 18.7. The maximum atomic E-state index is 13.4. The van der Waals surface area contributed by atoms with Gasteiger partial charge in [0, 0.05) is 45.7 Å². The van der Waals surface area contributed by atoms with Crippen molar-refractivity contribution in [1.82, 2.24) is 15.1 Å². The van der Waals surface area contributed by atoms with Gasteiger partial charge in [-0.15, -0.1) is 0 Å². The molecule has 3 rings (SSSR count). The number of hydrogen-bond acceptors (Lipinski definition) is 3. The van der Waals surface area contributed by atoms with Gasteiger partial charge in [0.05, 0.1) is 5.41 Å². The number of likely N-dealkylation sites (tertiary alicyclic amines) is 1. The molecule has 2 fully saturated rings. The first kappa shape index (κ1) is 18.9. The van der Waals surface area contributed by atoms with Crippen molar-refractivity contribution in [3.63, 3.8) is 0 Å². The lowest BCUT2D eigenvalue weighted by atomic mass is 9.79. The Morgan fingerprint density at radius 2 is 1.92 bits per heavy atom. The zero-order valence-corrected chi connectivity index (χ0v) is 16.2. The van der Waals surface area contributed by atoms with Gasteiger partial charge in [-0.2, -0.15) is 0 Å². The van der Waals surface area contributed by atoms with Crippen LogP contribution in [0.5, 0.6) is 0 Å². The smallest absolute Gasteiger partial charge is 0.230 e. The van der Waals surface area contributed by atoms with Gasteiger partial charge in [0.15, 0.2) is 0 Å². The van der Waals surface area contributed by atoms with Gasteiger partial charge in [0.25, 0.3) is 0 Å². The maximum absolute atomic E-state index is 13.4. The quantitative estimate of drug-likeness (QED) is 0.850. The largest absolute Gasteiger partial charge is 0.343 e. The summed E-state index contributed by atoms with van der Waals surface area (Å²) >= 11 is 0. The van der Waals surface area contributed by atoms with Gasteiger partial charge in [-0.3, -0.25) is 9.59 Å². The number of carbonyl (C=O) groups is 2. The molecule has 26 heavy (non-hydrogen) atoms. The van der Waals surface area contributed by atoms with Crippen LogP contribution in [0.4, 0.5) is 0 Å². The molecule has 0 radical (unpaired) electrons. The minimum absolute atomic E-state index is 0.0833. The molecule has 0 unspecified atom stereocenters. The highest BCUT2D eigenvalue weighted by Gasteiger charge is 2.58. The topological polar surface area (TPSA) is 52.7 Å². The lowest BCUT2D eigenvalue weighted by molar-refractivity contribution is -0.142. The molecule has 1 saturated carbocycles. The van der Waals surface area contributed by atoms with E-state index in [4.69, 9.17) is 0 Å². The zero-order valence-electron chi connectivity index (χ0n) is 16.2. The second kappa shape index (κ2) is 7.78. The fourth-order valence-corrected chi connectivity index (χ4v) is 4.78. The summed E-state index contributed by atoms with van der Waals surface area (Å²) in [7, 11) is 0. The highest BCUT2D eigenvalue weighted by Crippen LogP contribution is 2.50. The Hall–Kier alpha value is -1.88. The number of fused-ring (bicyclic) bond motifs is 1. The van der Waals surface area contributed by atoms with E-state index in [2.05, 4.69) is 29.6 Å². The summed E-state index contributed by atoms with van der Waals surface area (Å²) < 4.78 is 0. The Kier molecular flexibility index (Phi) is 5.66. The first-order valence-electron chi connectivity index (χ1n) is 9.82. The van der Waals surface area contributed by atoms with Crippen LogP contribution in [0.2, 0.25) is 0 Å². The van der Waals surface area contributed by atoms with Crippen LogP contribution in [0.3, 0.4) is 0 Å². The molecule has 1 aliphatic heterocycles. The average Bonchev–Trinajstić information content (AvgIpc) is 3.17. The molecule has 142 valence electrons. The summed E-state index contributed by atoms with van der Waals surface area (Å²) in [6.07, 6.45) is 1.78. The van der Waals surface area contributed by atoms with E-state index in [1.807, 2.05) is 29.7 Å². The first-order chi connectivity index (χ1) is 12.5. The Bertz CT molecular complexity index is 644. The number of amides is 2. The molecule has 1 N–H and O–H groups in total. The van der Waals surface area contributed by atoms with Crippen molar-refractivity contribution < 1.29 is 9.59 Å². The van der Waals surface area contributed by atoms with Crippen LogP contribution in [-0.4, -0.2) is 53.8 Å². The van der Waals surface area contributed by atoms with Crippen LogP contribution < -0.4 is 5.32 Å². The molecule has 0 bridgehead atoms. The molecule has 1 heterocycles. The van der Waals surface area contributed by atoms with Gasteiger partial charge in [-0.1, -0.05) is 30.3 Å². The van der Waals surface area contributed by atoms with Gasteiger partial charge in [0.2, 0.25) is 11.8 Å². The molecular formula is C21H31N3O2. The van der Waals surface area contributed by atoms with Crippen LogP contribution in [0.15, 0.2) is 30.3 Å². The molecule has 1 aromatic carbocycles. The summed E-state index contributed by atoms with van der Waals surface area (Å²) in [5.74, 6) is 0.577. The third-order valence-corrected chi connectivity index (χ3v) is 6.23. The predicted molar refractivity (Wildman–Crippen MR) is 102 cm³/mol. The van der Waals surface area contributed by atoms with Crippen LogP contribution in [0.25, 0.3) is 0 Å². The molecule has 1 saturated heterocycles. The number of nitrogens with zero attached hydrogens (tertiary/aromatic N) is 2. The highest BCUT2D eigenvalue weighted by molar-refractivity contribution is 5.86. The minimum atomic E-state index is -0.411. The molecule has 5 nitrogen and oxygen atoms in total. The summed E-state index contributed by atoms with van der Waals surface area (Å²) in [6, 6.07) is 10.7. The van der Waals surface area contributed by atoms with Crippen molar-refractivity contribution in [1.29, 1.82) is 0 Å². The first-order valence-corrected chi connectivity index (χ1v) is 9.82. The molecule has 5 heteroatoms. The minimum Gasteiger partial charge on any atom is -0.343 e. The fourth-order valence-electron chi connectivity index (χ4n) is 4.78. The second-order valence-corrected chi connectivity index (χ2v) is 7.73. The molecular weight excluding hydrogens is 326 g/mol. The number of nitrogens with one attached hydrogen (secondary N) is 1. The Morgan fingerprint density at radius 3 is 2.54 bits per heavy atom. The Labute approximate surface area is 156 Å². The Balaban J connectivity index is 1.74. The van der Waals surface area contributed by atoms with E-state index in [0.717, 1.165) is 32.5 Å². The van der Waals surface area contributed by atoms with Crippen molar-refractivity contribution in [3.05, 3.63) is 35.9 Å². The maximum Gasteiger partial charge on any atom is 0.230 e. The molecule has 3 atom stereocenters. The molecule has 2 amide bonds. The van der Waals surface area contributed by atoms with Crippen LogP contribution in [0, 0.1) is 11.3 Å². The summed E-state index contributed by atoms with van der Waals surface area (Å²) in [6.45, 7) is 9.25. The molecule has 0 aromatic heterocycles. The van der Waals surface area contributed by atoms with Crippen molar-refractivity contribution >= 4 is 11.8 Å². The van der Waals surface area contributed by atoms with Crippen molar-refractivity contribution in [2.45, 2.75) is 46.2 Å². The number of hydrogen-bond donors (Lipinski definition) is 1. The van der Waals surface area contributed by atoms with Crippen LogP contribution in [0.1, 0.15) is 39.2 Å². The predicted octanol–water partition coefficient (Wildman–Crippen LogP) is 2.27. The van der Waals surface area contributed by atoms with E-state index in [1.54, 1.807) is 6.92 Å². The SMILES string of the molecule is CCN(CC)C(=O)[C@]12C[C@H](NCc3ccccc3)C[C@H]1CN(C(C)=O)C2. The Morgan fingerprint density at radius 1 is 1.23 bits per heavy atom. The van der Waals surface area contributed by atoms with E-state index in [-0.39, 0.29) is 17.7 Å².